The predicted molar refractivity (Wildman–Crippen MR) is 34.2 cm³/mol. The van der Waals surface area contributed by atoms with Gasteiger partial charge in [-0.25, -0.2) is 0 Å². The number of Topliss-reactive ketones (excluding diaryl/α,β-unsaturated/α-hetero) is 1. The molecule has 0 atom stereocenters. The monoisotopic (exact) mass is 128 g/mol. The van der Waals surface area contributed by atoms with Gasteiger partial charge in [-0.05, 0) is 18.8 Å². The lowest BCUT2D eigenvalue weighted by molar-refractivity contribution is -0.122. The molecular formula is C7H12O2. The van der Waals surface area contributed by atoms with Gasteiger partial charge in [0, 0.05) is 13.5 Å². The number of hydrogen-bond acceptors (Lipinski definition) is 2. The van der Waals surface area contributed by atoms with Crippen LogP contribution in [0, 0.1) is 5.92 Å². The van der Waals surface area contributed by atoms with E-state index >= 15 is 0 Å². The highest BCUT2D eigenvalue weighted by molar-refractivity contribution is 5.80. The molecule has 0 radical (unpaired) electrons. The van der Waals surface area contributed by atoms with Crippen molar-refractivity contribution in [3.63, 3.8) is 0 Å². The molecule has 1 rings (SSSR count). The number of ether oxygens (including phenoxy) is 1. The minimum absolute atomic E-state index is 0.250. The van der Waals surface area contributed by atoms with Crippen LogP contribution in [-0.4, -0.2) is 19.5 Å². The summed E-state index contributed by atoms with van der Waals surface area (Å²) in [5.41, 5.74) is 0. The van der Waals surface area contributed by atoms with Gasteiger partial charge in [-0.1, -0.05) is 0 Å². The first-order valence-electron chi connectivity index (χ1n) is 3.33. The number of methoxy groups -OCH3 is 1. The molecule has 2 nitrogen and oxygen atoms in total. The van der Waals surface area contributed by atoms with E-state index in [0.29, 0.717) is 12.5 Å². The molecule has 1 saturated carbocycles. The molecule has 0 bridgehead atoms. The minimum Gasteiger partial charge on any atom is -0.377 e. The fourth-order valence-electron chi connectivity index (χ4n) is 0.864. The Kier molecular flexibility index (Phi) is 2.22. The van der Waals surface area contributed by atoms with E-state index in [1.54, 1.807) is 7.11 Å². The van der Waals surface area contributed by atoms with Crippen LogP contribution in [0.5, 0.6) is 0 Å². The summed E-state index contributed by atoms with van der Waals surface area (Å²) in [7, 11) is 1.56. The zero-order valence-corrected chi connectivity index (χ0v) is 5.72. The minimum atomic E-state index is 0.250. The van der Waals surface area contributed by atoms with Crippen LogP contribution in [-0.2, 0) is 9.53 Å². The highest BCUT2D eigenvalue weighted by Crippen LogP contribution is 2.32. The molecular weight excluding hydrogens is 116 g/mol. The summed E-state index contributed by atoms with van der Waals surface area (Å²) in [5.74, 6) is 0.952. The summed E-state index contributed by atoms with van der Waals surface area (Å²) < 4.78 is 4.68. The molecule has 0 heterocycles. The van der Waals surface area contributed by atoms with Gasteiger partial charge in [-0.3, -0.25) is 4.79 Å². The molecule has 2 heteroatoms. The molecule has 1 aliphatic rings. The molecule has 0 spiro atoms. The van der Waals surface area contributed by atoms with Gasteiger partial charge in [-0.2, -0.15) is 0 Å². The van der Waals surface area contributed by atoms with Crippen molar-refractivity contribution in [1.29, 1.82) is 0 Å². The molecule has 1 fully saturated rings. The number of rotatable bonds is 4. The van der Waals surface area contributed by atoms with Crippen molar-refractivity contribution in [3.8, 4) is 0 Å². The van der Waals surface area contributed by atoms with E-state index in [-0.39, 0.29) is 5.78 Å². The van der Waals surface area contributed by atoms with Crippen molar-refractivity contribution in [2.75, 3.05) is 13.7 Å². The van der Waals surface area contributed by atoms with Gasteiger partial charge >= 0.3 is 0 Å². The molecule has 1 aliphatic carbocycles. The van der Waals surface area contributed by atoms with Crippen LogP contribution in [0.3, 0.4) is 0 Å². The van der Waals surface area contributed by atoms with Gasteiger partial charge in [0.2, 0.25) is 0 Å². The van der Waals surface area contributed by atoms with Gasteiger partial charge < -0.3 is 4.74 Å². The van der Waals surface area contributed by atoms with E-state index in [1.165, 1.54) is 12.8 Å². The van der Waals surface area contributed by atoms with Gasteiger partial charge in [-0.15, -0.1) is 0 Å². The van der Waals surface area contributed by atoms with Crippen LogP contribution in [0.4, 0.5) is 0 Å². The summed E-state index contributed by atoms with van der Waals surface area (Å²) in [6.45, 7) is 0.302. The maximum absolute atomic E-state index is 10.8. The van der Waals surface area contributed by atoms with Crippen molar-refractivity contribution in [2.45, 2.75) is 19.3 Å². The number of carbonyl (C=O) groups excluding carboxylic acids is 1. The molecule has 0 amide bonds. The van der Waals surface area contributed by atoms with Crippen LogP contribution < -0.4 is 0 Å². The van der Waals surface area contributed by atoms with Crippen molar-refractivity contribution in [1.82, 2.24) is 0 Å². The SMILES string of the molecule is COCC(=O)CC1CC1. The average molecular weight is 128 g/mol. The molecule has 0 aromatic heterocycles. The number of hydrogen-bond donors (Lipinski definition) is 0. The Labute approximate surface area is 55.2 Å². The average Bonchev–Trinajstić information content (AvgIpc) is 2.50. The molecule has 0 N–H and O–H groups in total. The van der Waals surface area contributed by atoms with Crippen molar-refractivity contribution in [2.24, 2.45) is 5.92 Å². The second-order valence-electron chi connectivity index (χ2n) is 2.62. The highest BCUT2D eigenvalue weighted by atomic mass is 16.5. The smallest absolute Gasteiger partial charge is 0.158 e. The molecule has 0 aromatic carbocycles. The summed E-state index contributed by atoms with van der Waals surface area (Å²) in [5, 5.41) is 0. The van der Waals surface area contributed by atoms with Gasteiger partial charge in [0.25, 0.3) is 0 Å². The molecule has 0 unspecified atom stereocenters. The van der Waals surface area contributed by atoms with E-state index in [2.05, 4.69) is 4.74 Å². The van der Waals surface area contributed by atoms with Crippen molar-refractivity contribution < 1.29 is 9.53 Å². The summed E-state index contributed by atoms with van der Waals surface area (Å²) in [4.78, 5) is 10.8. The third-order valence-corrected chi connectivity index (χ3v) is 1.52. The van der Waals surface area contributed by atoms with Gasteiger partial charge in [0.05, 0.1) is 0 Å². The lowest BCUT2D eigenvalue weighted by Crippen LogP contribution is -2.06. The summed E-state index contributed by atoms with van der Waals surface area (Å²) in [6, 6.07) is 0. The standard InChI is InChI=1S/C7H12O2/c1-9-5-7(8)4-6-2-3-6/h6H,2-5H2,1H3. The zero-order chi connectivity index (χ0) is 6.69. The Bertz CT molecular complexity index is 105. The van der Waals surface area contributed by atoms with Gasteiger partial charge in [0.15, 0.2) is 5.78 Å². The summed E-state index contributed by atoms with van der Waals surface area (Å²) >= 11 is 0. The highest BCUT2D eigenvalue weighted by Gasteiger charge is 2.23. The fourth-order valence-corrected chi connectivity index (χ4v) is 0.864. The molecule has 52 valence electrons. The third-order valence-electron chi connectivity index (χ3n) is 1.52. The second-order valence-corrected chi connectivity index (χ2v) is 2.62. The second kappa shape index (κ2) is 2.97. The predicted octanol–water partition coefficient (Wildman–Crippen LogP) is 1.00. The summed E-state index contributed by atoms with van der Waals surface area (Å²) in [6.07, 6.45) is 3.23. The first-order valence-corrected chi connectivity index (χ1v) is 3.33. The Morgan fingerprint density at radius 1 is 1.67 bits per heavy atom. The first kappa shape index (κ1) is 6.75. The Balaban J connectivity index is 2.02. The van der Waals surface area contributed by atoms with Crippen LogP contribution in [0.1, 0.15) is 19.3 Å². The number of ketones is 1. The maximum atomic E-state index is 10.8. The Morgan fingerprint density at radius 2 is 2.33 bits per heavy atom. The third kappa shape index (κ3) is 2.61. The fraction of sp³-hybridized carbons (Fsp3) is 0.857. The molecule has 0 aromatic rings. The van der Waals surface area contributed by atoms with Crippen LogP contribution in [0.25, 0.3) is 0 Å². The number of carbonyl (C=O) groups is 1. The Morgan fingerprint density at radius 3 is 2.78 bits per heavy atom. The largest absolute Gasteiger partial charge is 0.377 e. The normalized spacial score (nSPS) is 17.9. The van der Waals surface area contributed by atoms with Crippen molar-refractivity contribution in [3.05, 3.63) is 0 Å². The van der Waals surface area contributed by atoms with E-state index in [0.717, 1.165) is 6.42 Å². The van der Waals surface area contributed by atoms with Crippen LogP contribution >= 0.6 is 0 Å². The quantitative estimate of drug-likeness (QED) is 0.564. The van der Waals surface area contributed by atoms with Gasteiger partial charge in [0.1, 0.15) is 6.61 Å². The topological polar surface area (TPSA) is 26.3 Å². The van der Waals surface area contributed by atoms with Crippen molar-refractivity contribution >= 4 is 5.78 Å². The van der Waals surface area contributed by atoms with E-state index in [1.807, 2.05) is 0 Å². The first-order chi connectivity index (χ1) is 4.33. The molecule has 9 heavy (non-hydrogen) atoms. The van der Waals surface area contributed by atoms with E-state index in [4.69, 9.17) is 0 Å². The molecule has 0 saturated heterocycles. The maximum Gasteiger partial charge on any atom is 0.158 e. The van der Waals surface area contributed by atoms with Crippen LogP contribution in [0.15, 0.2) is 0 Å². The lowest BCUT2D eigenvalue weighted by Gasteiger charge is -1.94. The Hall–Kier alpha value is -0.370. The zero-order valence-electron chi connectivity index (χ0n) is 5.72. The van der Waals surface area contributed by atoms with Crippen LogP contribution in [0.2, 0.25) is 0 Å². The lowest BCUT2D eigenvalue weighted by atomic mass is 10.2. The van der Waals surface area contributed by atoms with E-state index in [9.17, 15) is 4.79 Å². The van der Waals surface area contributed by atoms with E-state index < -0.39 is 0 Å². The molecule has 0 aliphatic heterocycles.